The lowest BCUT2D eigenvalue weighted by Crippen LogP contribution is -2.06. The molecule has 2 rings (SSSR count). The minimum Gasteiger partial charge on any atom is -0.461 e. The highest BCUT2D eigenvalue weighted by Crippen LogP contribution is 2.23. The summed E-state index contributed by atoms with van der Waals surface area (Å²) in [4.78, 5) is 11.6. The first-order valence-corrected chi connectivity index (χ1v) is 5.75. The fourth-order valence-electron chi connectivity index (χ4n) is 1.57. The molecule has 0 bridgehead atoms. The van der Waals surface area contributed by atoms with Gasteiger partial charge in [-0.1, -0.05) is 0 Å². The van der Waals surface area contributed by atoms with Crippen molar-refractivity contribution in [2.75, 3.05) is 6.61 Å². The van der Waals surface area contributed by atoms with E-state index in [0.29, 0.717) is 5.56 Å². The first-order valence-electron chi connectivity index (χ1n) is 5.75. The van der Waals surface area contributed by atoms with E-state index in [-0.39, 0.29) is 23.7 Å². The Morgan fingerprint density at radius 3 is 2.60 bits per heavy atom. The maximum absolute atomic E-state index is 12.0. The molecule has 0 aliphatic rings. The van der Waals surface area contributed by atoms with Gasteiger partial charge in [0.15, 0.2) is 5.69 Å². The van der Waals surface area contributed by atoms with Crippen LogP contribution in [0.15, 0.2) is 24.3 Å². The van der Waals surface area contributed by atoms with E-state index in [1.807, 2.05) is 0 Å². The number of benzene rings is 1. The van der Waals surface area contributed by atoms with E-state index in [1.54, 1.807) is 6.92 Å². The summed E-state index contributed by atoms with van der Waals surface area (Å²) in [5.74, 6) is -0.589. The summed E-state index contributed by atoms with van der Waals surface area (Å²) in [5, 5.41) is 9.91. The summed E-state index contributed by atoms with van der Waals surface area (Å²) in [6, 6.07) is 5.70. The molecule has 0 spiro atoms. The molecule has 1 aromatic heterocycles. The highest BCUT2D eigenvalue weighted by molar-refractivity contribution is 5.93. The Labute approximate surface area is 112 Å². The average molecular weight is 283 g/mol. The lowest BCUT2D eigenvalue weighted by atomic mass is 10.1. The summed E-state index contributed by atoms with van der Waals surface area (Å²) in [7, 11) is 0. The zero-order valence-electron chi connectivity index (χ0n) is 10.5. The van der Waals surface area contributed by atoms with Crippen molar-refractivity contribution in [1.29, 1.82) is 0 Å². The summed E-state index contributed by atoms with van der Waals surface area (Å²) in [5.41, 5.74) is 0.852. The number of rotatable bonds is 5. The lowest BCUT2D eigenvalue weighted by molar-refractivity contribution is -0.0498. The highest BCUT2D eigenvalue weighted by Gasteiger charge is 2.19. The largest absolute Gasteiger partial charge is 0.461 e. The van der Waals surface area contributed by atoms with Crippen molar-refractivity contribution < 1.29 is 23.0 Å². The molecule has 0 aliphatic heterocycles. The average Bonchev–Trinajstić information content (AvgIpc) is 2.88. The van der Waals surface area contributed by atoms with Crippen LogP contribution in [0.3, 0.4) is 0 Å². The molecule has 0 radical (unpaired) electrons. The molecule has 1 heterocycles. The minimum atomic E-state index is -2.89. The highest BCUT2D eigenvalue weighted by atomic mass is 19.3. The van der Waals surface area contributed by atoms with Crippen molar-refractivity contribution in [3.8, 4) is 17.0 Å². The van der Waals surface area contributed by atoms with Gasteiger partial charge in [0.1, 0.15) is 11.4 Å². The van der Waals surface area contributed by atoms with Crippen molar-refractivity contribution in [2.45, 2.75) is 13.5 Å². The van der Waals surface area contributed by atoms with E-state index >= 15 is 0 Å². The predicted octanol–water partition coefficient (Wildman–Crippen LogP) is 2.25. The molecule has 2 aromatic rings. The predicted molar refractivity (Wildman–Crippen MR) is 64.4 cm³/mol. The number of hydrogen-bond donors (Lipinski definition) is 1. The number of aromatic nitrogens is 3. The Morgan fingerprint density at radius 2 is 2.00 bits per heavy atom. The van der Waals surface area contributed by atoms with Gasteiger partial charge in [0.05, 0.1) is 6.61 Å². The molecule has 8 heteroatoms. The quantitative estimate of drug-likeness (QED) is 0.851. The van der Waals surface area contributed by atoms with Crippen LogP contribution in [-0.4, -0.2) is 34.6 Å². The van der Waals surface area contributed by atoms with Crippen molar-refractivity contribution in [3.63, 3.8) is 0 Å². The Kier molecular flexibility index (Phi) is 4.24. The maximum atomic E-state index is 12.0. The van der Waals surface area contributed by atoms with Crippen molar-refractivity contribution in [1.82, 2.24) is 15.4 Å². The van der Waals surface area contributed by atoms with Crippen molar-refractivity contribution in [3.05, 3.63) is 30.0 Å². The molecule has 0 aliphatic carbocycles. The molecule has 1 N–H and O–H groups in total. The van der Waals surface area contributed by atoms with Crippen LogP contribution in [0.2, 0.25) is 0 Å². The molecular formula is C12H11F2N3O3. The maximum Gasteiger partial charge on any atom is 0.387 e. The molecule has 0 atom stereocenters. The van der Waals surface area contributed by atoms with Gasteiger partial charge in [-0.3, -0.25) is 0 Å². The summed E-state index contributed by atoms with van der Waals surface area (Å²) in [6.07, 6.45) is 0. The number of carbonyl (C=O) groups is 1. The molecule has 6 nitrogen and oxygen atoms in total. The Bertz CT molecular complexity index is 584. The Morgan fingerprint density at radius 1 is 1.30 bits per heavy atom. The Hall–Kier alpha value is -2.51. The van der Waals surface area contributed by atoms with Gasteiger partial charge >= 0.3 is 12.6 Å². The van der Waals surface area contributed by atoms with Crippen LogP contribution in [0.1, 0.15) is 17.4 Å². The molecule has 20 heavy (non-hydrogen) atoms. The van der Waals surface area contributed by atoms with Crippen LogP contribution in [0.25, 0.3) is 11.3 Å². The van der Waals surface area contributed by atoms with Gasteiger partial charge in [-0.15, -0.1) is 5.10 Å². The first kappa shape index (κ1) is 13.9. The van der Waals surface area contributed by atoms with Crippen LogP contribution < -0.4 is 4.74 Å². The van der Waals surface area contributed by atoms with Crippen LogP contribution in [0.5, 0.6) is 5.75 Å². The SMILES string of the molecule is CCOC(=O)c1n[nH]nc1-c1ccc(OC(F)F)cc1. The number of carbonyl (C=O) groups excluding carboxylic acids is 1. The van der Waals surface area contributed by atoms with E-state index in [1.165, 1.54) is 24.3 Å². The van der Waals surface area contributed by atoms with Gasteiger partial charge in [0.2, 0.25) is 0 Å². The number of nitrogens with one attached hydrogen (secondary N) is 1. The second-order valence-corrected chi connectivity index (χ2v) is 3.64. The van der Waals surface area contributed by atoms with E-state index in [4.69, 9.17) is 4.74 Å². The van der Waals surface area contributed by atoms with E-state index < -0.39 is 12.6 Å². The number of halogens is 2. The monoisotopic (exact) mass is 283 g/mol. The van der Waals surface area contributed by atoms with Gasteiger partial charge in [-0.05, 0) is 31.2 Å². The minimum absolute atomic E-state index is 0.0185. The smallest absolute Gasteiger partial charge is 0.387 e. The number of hydrogen-bond acceptors (Lipinski definition) is 5. The van der Waals surface area contributed by atoms with Crippen LogP contribution >= 0.6 is 0 Å². The van der Waals surface area contributed by atoms with Gasteiger partial charge in [0, 0.05) is 5.56 Å². The zero-order valence-corrected chi connectivity index (χ0v) is 10.5. The summed E-state index contributed by atoms with van der Waals surface area (Å²) < 4.78 is 33.2. The fourth-order valence-corrected chi connectivity index (χ4v) is 1.57. The van der Waals surface area contributed by atoms with Crippen LogP contribution in [0, 0.1) is 0 Å². The third-order valence-electron chi connectivity index (χ3n) is 2.37. The van der Waals surface area contributed by atoms with Gasteiger partial charge in [-0.25, -0.2) is 4.79 Å². The number of aromatic amines is 1. The molecule has 106 valence electrons. The molecule has 0 unspecified atom stereocenters. The lowest BCUT2D eigenvalue weighted by Gasteiger charge is -2.05. The van der Waals surface area contributed by atoms with Crippen molar-refractivity contribution >= 4 is 5.97 Å². The van der Waals surface area contributed by atoms with Crippen molar-refractivity contribution in [2.24, 2.45) is 0 Å². The van der Waals surface area contributed by atoms with E-state index in [9.17, 15) is 13.6 Å². The van der Waals surface area contributed by atoms with Crippen LogP contribution in [-0.2, 0) is 4.74 Å². The van der Waals surface area contributed by atoms with Gasteiger partial charge < -0.3 is 9.47 Å². The molecule has 0 amide bonds. The molecular weight excluding hydrogens is 272 g/mol. The molecule has 0 saturated carbocycles. The molecule has 0 fully saturated rings. The Balaban J connectivity index is 2.24. The third-order valence-corrected chi connectivity index (χ3v) is 2.37. The van der Waals surface area contributed by atoms with E-state index in [0.717, 1.165) is 0 Å². The number of esters is 1. The second kappa shape index (κ2) is 6.09. The second-order valence-electron chi connectivity index (χ2n) is 3.64. The zero-order chi connectivity index (χ0) is 14.5. The fraction of sp³-hybridized carbons (Fsp3) is 0.250. The molecule has 0 saturated heterocycles. The molecule has 1 aromatic carbocycles. The topological polar surface area (TPSA) is 77.1 Å². The standard InChI is InChI=1S/C12H11F2N3O3/c1-2-19-11(18)10-9(15-17-16-10)7-3-5-8(6-4-7)20-12(13)14/h3-6,12H,2H2,1H3,(H,15,16,17). The first-order chi connectivity index (χ1) is 9.61. The summed E-state index contributed by atoms with van der Waals surface area (Å²) >= 11 is 0. The van der Waals surface area contributed by atoms with Gasteiger partial charge in [-0.2, -0.15) is 19.1 Å². The number of alkyl halides is 2. The van der Waals surface area contributed by atoms with Gasteiger partial charge in [0.25, 0.3) is 0 Å². The van der Waals surface area contributed by atoms with Crippen LogP contribution in [0.4, 0.5) is 8.78 Å². The third kappa shape index (κ3) is 3.08. The van der Waals surface area contributed by atoms with E-state index in [2.05, 4.69) is 20.1 Å². The summed E-state index contributed by atoms with van der Waals surface area (Å²) in [6.45, 7) is -0.997. The normalized spacial score (nSPS) is 10.6. The number of H-pyrrole nitrogens is 1. The number of ether oxygens (including phenoxy) is 2. The number of nitrogens with zero attached hydrogens (tertiary/aromatic N) is 2.